The predicted molar refractivity (Wildman–Crippen MR) is 59.2 cm³/mol. The molecular weight excluding hydrogens is 225 g/mol. The Kier molecular flexibility index (Phi) is 3.02. The van der Waals surface area contributed by atoms with E-state index in [1.165, 1.54) is 24.3 Å². The van der Waals surface area contributed by atoms with Gasteiger partial charge in [-0.25, -0.2) is 4.39 Å². The van der Waals surface area contributed by atoms with Gasteiger partial charge in [-0.2, -0.15) is 0 Å². The van der Waals surface area contributed by atoms with Crippen molar-refractivity contribution in [1.29, 1.82) is 0 Å². The fourth-order valence-electron chi connectivity index (χ4n) is 2.03. The average Bonchev–Trinajstić information content (AvgIpc) is 2.65. The molecule has 2 atom stereocenters. The lowest BCUT2D eigenvalue weighted by Crippen LogP contribution is -2.46. The van der Waals surface area contributed by atoms with Gasteiger partial charge in [0.25, 0.3) is 0 Å². The quantitative estimate of drug-likeness (QED) is 0.839. The number of nitrogens with two attached hydrogens (primary N) is 1. The van der Waals surface area contributed by atoms with Crippen molar-refractivity contribution >= 4 is 5.97 Å². The molecule has 1 aliphatic rings. The number of ether oxygens (including phenoxy) is 1. The lowest BCUT2D eigenvalue weighted by molar-refractivity contribution is -0.143. The average molecular weight is 239 g/mol. The third-order valence-corrected chi connectivity index (χ3v) is 3.05. The molecule has 1 aromatic rings. The Morgan fingerprint density at radius 1 is 1.47 bits per heavy atom. The number of halogens is 1. The predicted octanol–water partition coefficient (Wildman–Crippen LogP) is 1.54. The van der Waals surface area contributed by atoms with E-state index in [4.69, 9.17) is 15.6 Å². The summed E-state index contributed by atoms with van der Waals surface area (Å²) >= 11 is 0. The van der Waals surface area contributed by atoms with E-state index in [2.05, 4.69) is 0 Å². The van der Waals surface area contributed by atoms with Crippen molar-refractivity contribution < 1.29 is 19.0 Å². The molecule has 4 nitrogen and oxygen atoms in total. The lowest BCUT2D eigenvalue weighted by Gasteiger charge is -2.18. The molecule has 0 aliphatic heterocycles. The summed E-state index contributed by atoms with van der Waals surface area (Å²) in [5, 5.41) is 8.96. The molecule has 0 heterocycles. The van der Waals surface area contributed by atoms with Crippen LogP contribution < -0.4 is 10.5 Å². The third kappa shape index (κ3) is 2.55. The molecule has 0 bridgehead atoms. The molecule has 2 rings (SSSR count). The SMILES string of the molecule is NC1(C(=O)O)CCC(Oc2ccc(F)cc2)C1. The summed E-state index contributed by atoms with van der Waals surface area (Å²) in [6.45, 7) is 0. The fourth-order valence-corrected chi connectivity index (χ4v) is 2.03. The highest BCUT2D eigenvalue weighted by Gasteiger charge is 2.43. The molecule has 0 radical (unpaired) electrons. The first-order valence-electron chi connectivity index (χ1n) is 5.44. The van der Waals surface area contributed by atoms with Gasteiger partial charge in [-0.15, -0.1) is 0 Å². The van der Waals surface area contributed by atoms with Crippen molar-refractivity contribution in [3.05, 3.63) is 30.1 Å². The van der Waals surface area contributed by atoms with Crippen molar-refractivity contribution in [2.45, 2.75) is 30.9 Å². The fraction of sp³-hybridized carbons (Fsp3) is 0.417. The molecule has 1 fully saturated rings. The zero-order valence-corrected chi connectivity index (χ0v) is 9.23. The highest BCUT2D eigenvalue weighted by Crippen LogP contribution is 2.31. The number of hydrogen-bond acceptors (Lipinski definition) is 3. The van der Waals surface area contributed by atoms with Crippen molar-refractivity contribution in [2.24, 2.45) is 5.73 Å². The summed E-state index contributed by atoms with van der Waals surface area (Å²) in [6.07, 6.45) is 1.05. The van der Waals surface area contributed by atoms with Gasteiger partial charge < -0.3 is 15.6 Å². The van der Waals surface area contributed by atoms with Crippen LogP contribution in [0, 0.1) is 5.82 Å². The highest BCUT2D eigenvalue weighted by molar-refractivity contribution is 5.79. The van der Waals surface area contributed by atoms with Crippen molar-refractivity contribution in [3.8, 4) is 5.75 Å². The summed E-state index contributed by atoms with van der Waals surface area (Å²) < 4.78 is 18.2. The standard InChI is InChI=1S/C12H14FNO3/c13-8-1-3-9(4-2-8)17-10-5-6-12(14,7-10)11(15)16/h1-4,10H,5-7,14H2,(H,15,16). The van der Waals surface area contributed by atoms with Crippen LogP contribution in [0.2, 0.25) is 0 Å². The van der Waals surface area contributed by atoms with E-state index in [0.29, 0.717) is 18.6 Å². The monoisotopic (exact) mass is 239 g/mol. The van der Waals surface area contributed by atoms with Crippen LogP contribution in [0.4, 0.5) is 4.39 Å². The van der Waals surface area contributed by atoms with E-state index in [0.717, 1.165) is 0 Å². The second-order valence-corrected chi connectivity index (χ2v) is 4.40. The van der Waals surface area contributed by atoms with Crippen LogP contribution in [-0.2, 0) is 4.79 Å². The maximum Gasteiger partial charge on any atom is 0.323 e. The third-order valence-electron chi connectivity index (χ3n) is 3.05. The van der Waals surface area contributed by atoms with Crippen LogP contribution in [0.25, 0.3) is 0 Å². The number of rotatable bonds is 3. The Balaban J connectivity index is 1.98. The van der Waals surface area contributed by atoms with E-state index in [9.17, 15) is 9.18 Å². The van der Waals surface area contributed by atoms with Gasteiger partial charge in [-0.05, 0) is 37.1 Å². The largest absolute Gasteiger partial charge is 0.490 e. The Morgan fingerprint density at radius 3 is 2.65 bits per heavy atom. The van der Waals surface area contributed by atoms with Crippen LogP contribution in [0.3, 0.4) is 0 Å². The van der Waals surface area contributed by atoms with Crippen molar-refractivity contribution in [1.82, 2.24) is 0 Å². The minimum absolute atomic E-state index is 0.221. The van der Waals surface area contributed by atoms with Gasteiger partial charge in [-0.1, -0.05) is 0 Å². The second kappa shape index (κ2) is 4.33. The number of aliphatic carboxylic acids is 1. The summed E-state index contributed by atoms with van der Waals surface area (Å²) in [7, 11) is 0. The molecule has 0 aromatic heterocycles. The van der Waals surface area contributed by atoms with Gasteiger partial charge in [0, 0.05) is 6.42 Å². The van der Waals surface area contributed by atoms with Gasteiger partial charge >= 0.3 is 5.97 Å². The Morgan fingerprint density at radius 2 is 2.12 bits per heavy atom. The van der Waals surface area contributed by atoms with Crippen LogP contribution in [0.1, 0.15) is 19.3 Å². The maximum absolute atomic E-state index is 12.7. The molecule has 3 N–H and O–H groups in total. The molecule has 1 aromatic carbocycles. The van der Waals surface area contributed by atoms with Gasteiger partial charge in [0.05, 0.1) is 0 Å². The Hall–Kier alpha value is -1.62. The number of carbonyl (C=O) groups is 1. The minimum atomic E-state index is -1.19. The zero-order valence-electron chi connectivity index (χ0n) is 9.23. The molecular formula is C12H14FNO3. The minimum Gasteiger partial charge on any atom is -0.490 e. The second-order valence-electron chi connectivity index (χ2n) is 4.40. The van der Waals surface area contributed by atoms with Crippen LogP contribution in [0.15, 0.2) is 24.3 Å². The van der Waals surface area contributed by atoms with Crippen LogP contribution in [0.5, 0.6) is 5.75 Å². The van der Waals surface area contributed by atoms with E-state index in [1.54, 1.807) is 0 Å². The van der Waals surface area contributed by atoms with Gasteiger partial charge in [0.15, 0.2) is 0 Å². The summed E-state index contributed by atoms with van der Waals surface area (Å²) in [6, 6.07) is 5.65. The Labute approximate surface area is 98.2 Å². The van der Waals surface area contributed by atoms with Gasteiger partial charge in [0.2, 0.25) is 0 Å². The number of carboxylic acids is 1. The van der Waals surface area contributed by atoms with Gasteiger partial charge in [-0.3, -0.25) is 4.79 Å². The number of hydrogen-bond donors (Lipinski definition) is 2. The number of carboxylic acid groups (broad SMARTS) is 1. The van der Waals surface area contributed by atoms with E-state index < -0.39 is 11.5 Å². The first-order chi connectivity index (χ1) is 7.99. The first-order valence-corrected chi connectivity index (χ1v) is 5.44. The molecule has 1 saturated carbocycles. The van der Waals surface area contributed by atoms with Crippen LogP contribution in [-0.4, -0.2) is 22.7 Å². The smallest absolute Gasteiger partial charge is 0.323 e. The van der Waals surface area contributed by atoms with E-state index in [1.807, 2.05) is 0 Å². The topological polar surface area (TPSA) is 72.6 Å². The van der Waals surface area contributed by atoms with Crippen molar-refractivity contribution in [3.63, 3.8) is 0 Å². The van der Waals surface area contributed by atoms with E-state index in [-0.39, 0.29) is 18.3 Å². The molecule has 17 heavy (non-hydrogen) atoms. The van der Waals surface area contributed by atoms with Gasteiger partial charge in [0.1, 0.15) is 23.2 Å². The number of benzene rings is 1. The first kappa shape index (κ1) is 11.9. The zero-order chi connectivity index (χ0) is 12.5. The summed E-state index contributed by atoms with van der Waals surface area (Å²) in [5.41, 5.74) is 4.54. The Bertz CT molecular complexity index is 420. The summed E-state index contributed by atoms with van der Waals surface area (Å²) in [5.74, 6) is -0.795. The molecule has 92 valence electrons. The molecule has 2 unspecified atom stereocenters. The highest BCUT2D eigenvalue weighted by atomic mass is 19.1. The molecule has 1 aliphatic carbocycles. The van der Waals surface area contributed by atoms with E-state index >= 15 is 0 Å². The van der Waals surface area contributed by atoms with Crippen molar-refractivity contribution in [2.75, 3.05) is 0 Å². The molecule has 0 saturated heterocycles. The lowest BCUT2D eigenvalue weighted by atomic mass is 10.00. The molecule has 5 heteroatoms. The molecule has 0 spiro atoms. The normalized spacial score (nSPS) is 28.0. The summed E-state index contributed by atoms with van der Waals surface area (Å²) in [4.78, 5) is 10.9. The molecule has 0 amide bonds. The van der Waals surface area contributed by atoms with Crippen LogP contribution >= 0.6 is 0 Å². The maximum atomic E-state index is 12.7.